The fourth-order valence-corrected chi connectivity index (χ4v) is 4.53. The number of aliphatic hydroxyl groups excluding tert-OH is 1. The Morgan fingerprint density at radius 1 is 1.32 bits per heavy atom. The number of rotatable bonds is 4. The maximum absolute atomic E-state index is 13.1. The molecule has 2 unspecified atom stereocenters. The number of sulfonamides is 1. The summed E-state index contributed by atoms with van der Waals surface area (Å²) in [7, 11) is -3.70. The van der Waals surface area contributed by atoms with Gasteiger partial charge in [-0.15, -0.1) is 0 Å². The average molecular weight is 337 g/mol. The summed E-state index contributed by atoms with van der Waals surface area (Å²) in [4.78, 5) is 0. The standard InChI is InChI=1S/C14H18F3NO3S/c1-2-7-22(20,21)18-9-10(19)8-13(18)11-5-3-4-6-12(11)14(15,16)17/h3-6,10,13,19H,2,7-9H2,1H3. The molecule has 0 amide bonds. The second-order valence-electron chi connectivity index (χ2n) is 5.38. The summed E-state index contributed by atoms with van der Waals surface area (Å²) in [5.74, 6) is -0.148. The fraction of sp³-hybridized carbons (Fsp3) is 0.571. The van der Waals surface area contributed by atoms with Crippen LogP contribution in [0.25, 0.3) is 0 Å². The van der Waals surface area contributed by atoms with E-state index < -0.39 is 33.9 Å². The zero-order valence-corrected chi connectivity index (χ0v) is 12.9. The van der Waals surface area contributed by atoms with Crippen LogP contribution in [0.2, 0.25) is 0 Å². The van der Waals surface area contributed by atoms with Crippen molar-refractivity contribution in [2.24, 2.45) is 0 Å². The third kappa shape index (κ3) is 3.44. The number of β-amino-alcohol motifs (C(OH)–C–C–N with tert-alkyl or cyclic N) is 1. The van der Waals surface area contributed by atoms with Crippen LogP contribution in [0.5, 0.6) is 0 Å². The van der Waals surface area contributed by atoms with Crippen molar-refractivity contribution in [3.05, 3.63) is 35.4 Å². The maximum Gasteiger partial charge on any atom is 0.416 e. The van der Waals surface area contributed by atoms with Gasteiger partial charge in [0.25, 0.3) is 0 Å². The Kier molecular flexibility index (Phi) is 4.84. The molecule has 1 N–H and O–H groups in total. The zero-order chi connectivity index (χ0) is 16.5. The van der Waals surface area contributed by atoms with Gasteiger partial charge in [-0.1, -0.05) is 25.1 Å². The summed E-state index contributed by atoms with van der Waals surface area (Å²) in [6.45, 7) is 1.52. The lowest BCUT2D eigenvalue weighted by molar-refractivity contribution is -0.138. The van der Waals surface area contributed by atoms with E-state index in [1.807, 2.05) is 0 Å². The van der Waals surface area contributed by atoms with Crippen LogP contribution in [0, 0.1) is 0 Å². The molecule has 2 rings (SSSR count). The van der Waals surface area contributed by atoms with Crippen molar-refractivity contribution in [3.8, 4) is 0 Å². The molecule has 0 spiro atoms. The summed E-state index contributed by atoms with van der Waals surface area (Å²) in [5.41, 5.74) is -0.961. The van der Waals surface area contributed by atoms with Gasteiger partial charge >= 0.3 is 6.18 Å². The Hall–Kier alpha value is -1.12. The Labute approximate surface area is 127 Å². The highest BCUT2D eigenvalue weighted by Gasteiger charge is 2.43. The maximum atomic E-state index is 13.1. The topological polar surface area (TPSA) is 57.6 Å². The predicted octanol–water partition coefficient (Wildman–Crippen LogP) is 2.55. The minimum atomic E-state index is -4.57. The van der Waals surface area contributed by atoms with Gasteiger partial charge in [-0.25, -0.2) is 8.42 Å². The molecular formula is C14H18F3NO3S. The molecule has 4 nitrogen and oxygen atoms in total. The van der Waals surface area contributed by atoms with E-state index in [-0.39, 0.29) is 24.3 Å². The first-order valence-corrected chi connectivity index (χ1v) is 8.61. The second-order valence-corrected chi connectivity index (χ2v) is 7.42. The summed E-state index contributed by atoms with van der Waals surface area (Å²) in [6.07, 6.45) is -5.19. The first-order chi connectivity index (χ1) is 10.2. The van der Waals surface area contributed by atoms with E-state index >= 15 is 0 Å². The van der Waals surface area contributed by atoms with Crippen LogP contribution in [0.1, 0.15) is 36.9 Å². The fourth-order valence-electron chi connectivity index (χ4n) is 2.80. The highest BCUT2D eigenvalue weighted by atomic mass is 32.2. The Balaban J connectivity index is 2.47. The van der Waals surface area contributed by atoms with E-state index in [4.69, 9.17) is 0 Å². The minimum absolute atomic E-state index is 0.0317. The normalized spacial score (nSPS) is 23.9. The SMILES string of the molecule is CCCS(=O)(=O)N1CC(O)CC1c1ccccc1C(F)(F)F. The summed E-state index contributed by atoms with van der Waals surface area (Å²) < 4.78 is 64.9. The van der Waals surface area contributed by atoms with Gasteiger partial charge in [0, 0.05) is 6.54 Å². The zero-order valence-electron chi connectivity index (χ0n) is 12.0. The van der Waals surface area contributed by atoms with Crippen LogP contribution in [0.15, 0.2) is 24.3 Å². The first-order valence-electron chi connectivity index (χ1n) is 7.00. The molecule has 1 heterocycles. The summed E-state index contributed by atoms with van der Waals surface area (Å²) >= 11 is 0. The lowest BCUT2D eigenvalue weighted by Crippen LogP contribution is -2.34. The minimum Gasteiger partial charge on any atom is -0.392 e. The quantitative estimate of drug-likeness (QED) is 0.919. The average Bonchev–Trinajstić information content (AvgIpc) is 2.81. The van der Waals surface area contributed by atoms with Crippen molar-refractivity contribution in [2.75, 3.05) is 12.3 Å². The molecule has 2 atom stereocenters. The number of aliphatic hydroxyl groups is 1. The van der Waals surface area contributed by atoms with Crippen molar-refractivity contribution in [1.82, 2.24) is 4.31 Å². The Morgan fingerprint density at radius 3 is 2.55 bits per heavy atom. The number of alkyl halides is 3. The van der Waals surface area contributed by atoms with E-state index in [0.717, 1.165) is 10.4 Å². The lowest BCUT2D eigenvalue weighted by Gasteiger charge is -2.26. The van der Waals surface area contributed by atoms with Crippen molar-refractivity contribution in [3.63, 3.8) is 0 Å². The second kappa shape index (κ2) is 6.17. The number of hydrogen-bond donors (Lipinski definition) is 1. The van der Waals surface area contributed by atoms with Crippen molar-refractivity contribution in [2.45, 2.75) is 38.1 Å². The van der Waals surface area contributed by atoms with Crippen LogP contribution in [-0.2, 0) is 16.2 Å². The van der Waals surface area contributed by atoms with E-state index in [2.05, 4.69) is 0 Å². The van der Waals surface area contributed by atoms with Gasteiger partial charge in [-0.05, 0) is 24.5 Å². The predicted molar refractivity (Wildman–Crippen MR) is 75.6 cm³/mol. The van der Waals surface area contributed by atoms with Crippen LogP contribution in [-0.4, -0.2) is 36.2 Å². The van der Waals surface area contributed by atoms with Gasteiger partial charge in [-0.2, -0.15) is 17.5 Å². The van der Waals surface area contributed by atoms with Gasteiger partial charge < -0.3 is 5.11 Å². The van der Waals surface area contributed by atoms with Crippen LogP contribution < -0.4 is 0 Å². The molecule has 0 radical (unpaired) electrons. The molecule has 0 bridgehead atoms. The molecule has 1 fully saturated rings. The van der Waals surface area contributed by atoms with E-state index in [1.165, 1.54) is 18.2 Å². The molecule has 1 aromatic rings. The highest BCUT2D eigenvalue weighted by Crippen LogP contribution is 2.41. The molecule has 0 aliphatic carbocycles. The van der Waals surface area contributed by atoms with Crippen molar-refractivity contribution < 1.29 is 26.7 Å². The molecule has 22 heavy (non-hydrogen) atoms. The molecule has 8 heteroatoms. The molecule has 1 saturated heterocycles. The van der Waals surface area contributed by atoms with E-state index in [0.29, 0.717) is 6.42 Å². The summed E-state index contributed by atoms with van der Waals surface area (Å²) in [5, 5.41) is 9.77. The number of halogens is 3. The van der Waals surface area contributed by atoms with Gasteiger partial charge in [0.2, 0.25) is 10.0 Å². The molecular weight excluding hydrogens is 319 g/mol. The Bertz CT molecular complexity index is 630. The molecule has 124 valence electrons. The molecule has 0 saturated carbocycles. The number of hydrogen-bond acceptors (Lipinski definition) is 3. The smallest absolute Gasteiger partial charge is 0.392 e. The molecule has 1 aromatic carbocycles. The van der Waals surface area contributed by atoms with Gasteiger partial charge in [0.1, 0.15) is 0 Å². The van der Waals surface area contributed by atoms with Gasteiger partial charge in [-0.3, -0.25) is 0 Å². The monoisotopic (exact) mass is 337 g/mol. The van der Waals surface area contributed by atoms with Gasteiger partial charge in [0.15, 0.2) is 0 Å². The van der Waals surface area contributed by atoms with Gasteiger partial charge in [0.05, 0.1) is 23.5 Å². The summed E-state index contributed by atoms with van der Waals surface area (Å²) in [6, 6.07) is 3.94. The number of benzene rings is 1. The number of nitrogens with zero attached hydrogens (tertiary/aromatic N) is 1. The largest absolute Gasteiger partial charge is 0.416 e. The Morgan fingerprint density at radius 2 is 1.95 bits per heavy atom. The third-order valence-electron chi connectivity index (χ3n) is 3.68. The van der Waals surface area contributed by atoms with Crippen LogP contribution in [0.4, 0.5) is 13.2 Å². The molecule has 1 aliphatic rings. The van der Waals surface area contributed by atoms with Crippen molar-refractivity contribution >= 4 is 10.0 Å². The first kappa shape index (κ1) is 17.2. The molecule has 1 aliphatic heterocycles. The highest BCUT2D eigenvalue weighted by molar-refractivity contribution is 7.89. The lowest BCUT2D eigenvalue weighted by atomic mass is 9.98. The van der Waals surface area contributed by atoms with Crippen LogP contribution >= 0.6 is 0 Å². The van der Waals surface area contributed by atoms with Crippen LogP contribution in [0.3, 0.4) is 0 Å². The van der Waals surface area contributed by atoms with E-state index in [1.54, 1.807) is 6.92 Å². The van der Waals surface area contributed by atoms with Crippen molar-refractivity contribution in [1.29, 1.82) is 0 Å². The third-order valence-corrected chi connectivity index (χ3v) is 5.72. The molecule has 0 aromatic heterocycles. The van der Waals surface area contributed by atoms with E-state index in [9.17, 15) is 26.7 Å².